The molecule has 138 valence electrons. The van der Waals surface area contributed by atoms with E-state index in [4.69, 9.17) is 4.74 Å². The fraction of sp³-hybridized carbons (Fsp3) is 0.529. The fourth-order valence-electron chi connectivity index (χ4n) is 2.69. The summed E-state index contributed by atoms with van der Waals surface area (Å²) in [5, 5.41) is 0. The van der Waals surface area contributed by atoms with Gasteiger partial charge >= 0.3 is 12.1 Å². The molecule has 8 heteroatoms. The normalized spacial score (nSPS) is 18.9. The van der Waals surface area contributed by atoms with Crippen LogP contribution in [0.2, 0.25) is 0 Å². The second-order valence-corrected chi connectivity index (χ2v) is 5.82. The first-order valence-electron chi connectivity index (χ1n) is 7.94. The van der Waals surface area contributed by atoms with Crippen molar-refractivity contribution in [2.75, 3.05) is 33.4 Å². The number of Topliss-reactive ketones (excluding diaryl/α,β-unsaturated/α-hetero) is 1. The molecule has 0 amide bonds. The molecule has 1 aromatic rings. The summed E-state index contributed by atoms with van der Waals surface area (Å²) in [7, 11) is 1.25. The number of alkyl halides is 3. The number of esters is 1. The third-order valence-corrected chi connectivity index (χ3v) is 4.04. The van der Waals surface area contributed by atoms with Crippen LogP contribution >= 0.6 is 0 Å². The number of hydrogen-bond donors (Lipinski definition) is 0. The van der Waals surface area contributed by atoms with Crippen molar-refractivity contribution in [1.82, 2.24) is 4.90 Å². The molecule has 0 N–H and O–H groups in total. The Hall–Kier alpha value is -2.09. The number of piperidine rings is 1. The molecule has 1 aromatic carbocycles. The standard InChI is InChI=1S/C17H20F3NO4/c1-24-16(23)14-11-21(8-6-15(14)22)7-3-9-25-13-5-2-4-12(10-13)17(18,19)20/h2,4-5,10,14H,3,6-9,11H2,1H3. The lowest BCUT2D eigenvalue weighted by atomic mass is 9.96. The monoisotopic (exact) mass is 359 g/mol. The van der Waals surface area contributed by atoms with E-state index in [0.29, 0.717) is 26.1 Å². The summed E-state index contributed by atoms with van der Waals surface area (Å²) in [6.07, 6.45) is -3.55. The van der Waals surface area contributed by atoms with Crippen molar-refractivity contribution in [3.8, 4) is 5.75 Å². The molecule has 1 aliphatic heterocycles. The Balaban J connectivity index is 1.78. The molecule has 1 unspecified atom stereocenters. The van der Waals surface area contributed by atoms with E-state index in [9.17, 15) is 22.8 Å². The molecule has 1 heterocycles. The summed E-state index contributed by atoms with van der Waals surface area (Å²) < 4.78 is 47.9. The van der Waals surface area contributed by atoms with E-state index in [2.05, 4.69) is 4.74 Å². The van der Waals surface area contributed by atoms with Gasteiger partial charge in [0.05, 0.1) is 19.3 Å². The van der Waals surface area contributed by atoms with Gasteiger partial charge in [0.1, 0.15) is 17.5 Å². The minimum Gasteiger partial charge on any atom is -0.494 e. The third-order valence-electron chi connectivity index (χ3n) is 4.04. The third kappa shape index (κ3) is 5.45. The van der Waals surface area contributed by atoms with E-state index in [0.717, 1.165) is 12.1 Å². The van der Waals surface area contributed by atoms with Crippen LogP contribution in [0.15, 0.2) is 24.3 Å². The predicted molar refractivity (Wildman–Crippen MR) is 83.1 cm³/mol. The Labute approximate surface area is 143 Å². The van der Waals surface area contributed by atoms with Gasteiger partial charge in [0, 0.05) is 26.1 Å². The number of ether oxygens (including phenoxy) is 2. The van der Waals surface area contributed by atoms with Crippen LogP contribution in [0.5, 0.6) is 5.75 Å². The molecular weight excluding hydrogens is 339 g/mol. The Kier molecular flexibility index (Phi) is 6.41. The number of halogens is 3. The molecule has 0 aromatic heterocycles. The second-order valence-electron chi connectivity index (χ2n) is 5.82. The number of carbonyl (C=O) groups is 2. The van der Waals surface area contributed by atoms with Crippen molar-refractivity contribution in [2.24, 2.45) is 5.92 Å². The highest BCUT2D eigenvalue weighted by atomic mass is 19.4. The van der Waals surface area contributed by atoms with Crippen LogP contribution in [-0.2, 0) is 20.5 Å². The number of carbonyl (C=O) groups excluding carboxylic acids is 2. The maximum atomic E-state index is 12.6. The highest BCUT2D eigenvalue weighted by Gasteiger charge is 2.33. The van der Waals surface area contributed by atoms with Crippen molar-refractivity contribution in [1.29, 1.82) is 0 Å². The van der Waals surface area contributed by atoms with Crippen LogP contribution in [0, 0.1) is 5.92 Å². The van der Waals surface area contributed by atoms with Gasteiger partial charge < -0.3 is 14.4 Å². The number of methoxy groups -OCH3 is 1. The van der Waals surface area contributed by atoms with Crippen LogP contribution < -0.4 is 4.74 Å². The van der Waals surface area contributed by atoms with Crippen LogP contribution in [0.4, 0.5) is 13.2 Å². The van der Waals surface area contributed by atoms with E-state index in [1.807, 2.05) is 4.90 Å². The lowest BCUT2D eigenvalue weighted by molar-refractivity contribution is -0.151. The maximum Gasteiger partial charge on any atom is 0.416 e. The van der Waals surface area contributed by atoms with Crippen molar-refractivity contribution >= 4 is 11.8 Å². The number of likely N-dealkylation sites (tertiary alicyclic amines) is 1. The highest BCUT2D eigenvalue weighted by Crippen LogP contribution is 2.31. The number of hydrogen-bond acceptors (Lipinski definition) is 5. The Morgan fingerprint density at radius 2 is 2.12 bits per heavy atom. The second kappa shape index (κ2) is 8.33. The fourth-order valence-corrected chi connectivity index (χ4v) is 2.69. The Bertz CT molecular complexity index is 610. The molecule has 2 rings (SSSR count). The highest BCUT2D eigenvalue weighted by molar-refractivity contribution is 5.99. The largest absolute Gasteiger partial charge is 0.494 e. The van der Waals surface area contributed by atoms with Crippen molar-refractivity contribution in [2.45, 2.75) is 19.0 Å². The zero-order valence-electron chi connectivity index (χ0n) is 13.8. The molecule has 0 saturated carbocycles. The van der Waals surface area contributed by atoms with Gasteiger partial charge in [-0.3, -0.25) is 9.59 Å². The van der Waals surface area contributed by atoms with E-state index in [1.54, 1.807) is 0 Å². The number of nitrogens with zero attached hydrogens (tertiary/aromatic N) is 1. The zero-order valence-corrected chi connectivity index (χ0v) is 13.8. The van der Waals surface area contributed by atoms with Gasteiger partial charge in [-0.1, -0.05) is 6.07 Å². The minimum atomic E-state index is -4.40. The first-order chi connectivity index (χ1) is 11.8. The zero-order chi connectivity index (χ0) is 18.4. The van der Waals surface area contributed by atoms with Gasteiger partial charge in [-0.15, -0.1) is 0 Å². The minimum absolute atomic E-state index is 0.122. The van der Waals surface area contributed by atoms with Crippen LogP contribution in [0.25, 0.3) is 0 Å². The smallest absolute Gasteiger partial charge is 0.416 e. The van der Waals surface area contributed by atoms with Gasteiger partial charge in [-0.05, 0) is 24.6 Å². The average Bonchev–Trinajstić information content (AvgIpc) is 2.59. The number of ketones is 1. The summed E-state index contributed by atoms with van der Waals surface area (Å²) >= 11 is 0. The van der Waals surface area contributed by atoms with Gasteiger partial charge in [0.15, 0.2) is 0 Å². The Morgan fingerprint density at radius 3 is 2.80 bits per heavy atom. The summed E-state index contributed by atoms with van der Waals surface area (Å²) in [5.74, 6) is -1.25. The van der Waals surface area contributed by atoms with Crippen LogP contribution in [0.3, 0.4) is 0 Å². The van der Waals surface area contributed by atoms with E-state index in [1.165, 1.54) is 19.2 Å². The molecule has 25 heavy (non-hydrogen) atoms. The lowest BCUT2D eigenvalue weighted by Crippen LogP contribution is -2.45. The van der Waals surface area contributed by atoms with E-state index < -0.39 is 23.6 Å². The summed E-state index contributed by atoms with van der Waals surface area (Å²) in [6, 6.07) is 4.73. The van der Waals surface area contributed by atoms with Crippen LogP contribution in [0.1, 0.15) is 18.4 Å². The molecule has 1 aliphatic rings. The molecule has 0 radical (unpaired) electrons. The topological polar surface area (TPSA) is 55.8 Å². The first-order valence-corrected chi connectivity index (χ1v) is 7.94. The van der Waals surface area contributed by atoms with Crippen LogP contribution in [-0.4, -0.2) is 50.0 Å². The van der Waals surface area contributed by atoms with Gasteiger partial charge in [0.2, 0.25) is 0 Å². The van der Waals surface area contributed by atoms with E-state index in [-0.39, 0.29) is 24.6 Å². The number of rotatable bonds is 6. The molecule has 1 fully saturated rings. The molecular formula is C17H20F3NO4. The van der Waals surface area contributed by atoms with Crippen molar-refractivity contribution in [3.05, 3.63) is 29.8 Å². The molecule has 1 atom stereocenters. The first kappa shape index (κ1) is 19.2. The molecule has 0 aliphatic carbocycles. The van der Waals surface area contributed by atoms with E-state index >= 15 is 0 Å². The van der Waals surface area contributed by atoms with Crippen molar-refractivity contribution < 1.29 is 32.2 Å². The quantitative estimate of drug-likeness (QED) is 0.444. The number of benzene rings is 1. The average molecular weight is 359 g/mol. The molecule has 1 saturated heterocycles. The summed E-state index contributed by atoms with van der Waals surface area (Å²) in [4.78, 5) is 25.2. The predicted octanol–water partition coefficient (Wildman–Crippen LogP) is 2.54. The summed E-state index contributed by atoms with van der Waals surface area (Å²) in [6.45, 7) is 1.68. The Morgan fingerprint density at radius 1 is 1.36 bits per heavy atom. The maximum absolute atomic E-state index is 12.6. The lowest BCUT2D eigenvalue weighted by Gasteiger charge is -2.30. The van der Waals surface area contributed by atoms with Gasteiger partial charge in [-0.2, -0.15) is 13.2 Å². The van der Waals surface area contributed by atoms with Gasteiger partial charge in [-0.25, -0.2) is 0 Å². The summed E-state index contributed by atoms with van der Waals surface area (Å²) in [5.41, 5.74) is -0.750. The molecule has 0 spiro atoms. The SMILES string of the molecule is COC(=O)C1CN(CCCOc2cccc(C(F)(F)F)c2)CCC1=O. The van der Waals surface area contributed by atoms with Gasteiger partial charge in [0.25, 0.3) is 0 Å². The van der Waals surface area contributed by atoms with Crippen molar-refractivity contribution in [3.63, 3.8) is 0 Å². The molecule has 0 bridgehead atoms. The molecule has 5 nitrogen and oxygen atoms in total.